The second-order valence-electron chi connectivity index (χ2n) is 2.67. The molecule has 0 heterocycles. The van der Waals surface area contributed by atoms with E-state index >= 15 is 0 Å². The van der Waals surface area contributed by atoms with Crippen molar-refractivity contribution in [2.45, 2.75) is 6.04 Å². The van der Waals surface area contributed by atoms with Crippen LogP contribution in [0.4, 0.5) is 0 Å². The molecule has 0 saturated carbocycles. The summed E-state index contributed by atoms with van der Waals surface area (Å²) in [5, 5.41) is 13.0. The number of carbonyl (C=O) groups is 3. The highest BCUT2D eigenvalue weighted by molar-refractivity contribution is 5.85. The highest BCUT2D eigenvalue weighted by Gasteiger charge is 2.19. The third kappa shape index (κ3) is 5.60. The zero-order valence-corrected chi connectivity index (χ0v) is 8.03. The Kier molecular flexibility index (Phi) is 5.99. The van der Waals surface area contributed by atoms with Gasteiger partial charge in [-0.1, -0.05) is 0 Å². The molecule has 0 aliphatic rings. The molecule has 86 valence electrons. The van der Waals surface area contributed by atoms with Gasteiger partial charge in [-0.05, 0) is 0 Å². The molecule has 8 heteroatoms. The van der Waals surface area contributed by atoms with Crippen LogP contribution < -0.4 is 22.1 Å². The number of nitrogens with two attached hydrogens (primary N) is 2. The van der Waals surface area contributed by atoms with Crippen LogP contribution in [0.5, 0.6) is 0 Å². The molecule has 0 aliphatic heterocycles. The Hall–Kier alpha value is -1.67. The molecule has 2 amide bonds. The maximum atomic E-state index is 10.8. The summed E-state index contributed by atoms with van der Waals surface area (Å²) < 4.78 is 0. The van der Waals surface area contributed by atoms with Gasteiger partial charge in [0.05, 0.1) is 13.1 Å². The number of nitrogens with one attached hydrogen (secondary N) is 2. The van der Waals surface area contributed by atoms with Crippen LogP contribution in [0.3, 0.4) is 0 Å². The average Bonchev–Trinajstić information content (AvgIpc) is 2.22. The number of hydrogen-bond donors (Lipinski definition) is 5. The molecule has 0 unspecified atom stereocenters. The molecule has 0 bridgehead atoms. The molecular weight excluding hydrogens is 204 g/mol. The van der Waals surface area contributed by atoms with Crippen molar-refractivity contribution >= 4 is 17.8 Å². The van der Waals surface area contributed by atoms with Gasteiger partial charge in [0, 0.05) is 6.54 Å². The lowest BCUT2D eigenvalue weighted by Gasteiger charge is -2.14. The highest BCUT2D eigenvalue weighted by atomic mass is 16.4. The van der Waals surface area contributed by atoms with Crippen LogP contribution in [-0.4, -0.2) is 48.6 Å². The predicted molar refractivity (Wildman–Crippen MR) is 50.7 cm³/mol. The van der Waals surface area contributed by atoms with Gasteiger partial charge in [-0.2, -0.15) is 0 Å². The third-order valence-corrected chi connectivity index (χ3v) is 1.51. The number of aliphatic carboxylic acids is 1. The molecule has 0 spiro atoms. The quantitative estimate of drug-likeness (QED) is 0.313. The van der Waals surface area contributed by atoms with Crippen molar-refractivity contribution in [3.05, 3.63) is 0 Å². The molecule has 0 aromatic rings. The van der Waals surface area contributed by atoms with Crippen LogP contribution in [0.15, 0.2) is 0 Å². The Bertz CT molecular complexity index is 255. The molecule has 0 saturated heterocycles. The van der Waals surface area contributed by atoms with Crippen LogP contribution in [0.25, 0.3) is 0 Å². The van der Waals surface area contributed by atoms with Crippen LogP contribution >= 0.6 is 0 Å². The predicted octanol–water partition coefficient (Wildman–Crippen LogP) is -3.41. The van der Waals surface area contributed by atoms with Crippen molar-refractivity contribution in [3.63, 3.8) is 0 Å². The van der Waals surface area contributed by atoms with E-state index in [9.17, 15) is 14.4 Å². The van der Waals surface area contributed by atoms with Crippen molar-refractivity contribution in [1.82, 2.24) is 10.6 Å². The minimum atomic E-state index is -1.26. The number of carboxylic acid groups (broad SMARTS) is 1. The van der Waals surface area contributed by atoms with Gasteiger partial charge < -0.3 is 27.2 Å². The van der Waals surface area contributed by atoms with Gasteiger partial charge in [0.2, 0.25) is 11.8 Å². The van der Waals surface area contributed by atoms with Gasteiger partial charge in [0.25, 0.3) is 0 Å². The lowest BCUT2D eigenvalue weighted by Crippen LogP contribution is -2.50. The summed E-state index contributed by atoms with van der Waals surface area (Å²) in [5.74, 6) is -2.36. The molecule has 0 aromatic carbocycles. The van der Waals surface area contributed by atoms with Crippen molar-refractivity contribution in [2.24, 2.45) is 11.5 Å². The Morgan fingerprint density at radius 1 is 1.13 bits per heavy atom. The first-order valence-electron chi connectivity index (χ1n) is 4.20. The summed E-state index contributed by atoms with van der Waals surface area (Å²) in [6.07, 6.45) is 0. The maximum absolute atomic E-state index is 10.8. The van der Waals surface area contributed by atoms with E-state index in [1.54, 1.807) is 0 Å². The van der Waals surface area contributed by atoms with Gasteiger partial charge in [-0.25, -0.2) is 4.79 Å². The van der Waals surface area contributed by atoms with E-state index < -0.39 is 23.8 Å². The van der Waals surface area contributed by atoms with E-state index in [0.29, 0.717) is 0 Å². The van der Waals surface area contributed by atoms with E-state index in [0.717, 1.165) is 0 Å². The van der Waals surface area contributed by atoms with E-state index in [4.69, 9.17) is 16.6 Å². The van der Waals surface area contributed by atoms with Crippen LogP contribution in [0, 0.1) is 0 Å². The molecule has 0 aliphatic carbocycles. The van der Waals surface area contributed by atoms with Crippen LogP contribution in [0.1, 0.15) is 0 Å². The summed E-state index contributed by atoms with van der Waals surface area (Å²) in [6.45, 7) is -0.775. The Labute approximate surface area is 86.0 Å². The molecule has 0 radical (unpaired) electrons. The van der Waals surface area contributed by atoms with E-state index in [1.165, 1.54) is 0 Å². The number of hydrogen-bond acceptors (Lipinski definition) is 5. The summed E-state index contributed by atoms with van der Waals surface area (Å²) in [4.78, 5) is 32.1. The van der Waals surface area contributed by atoms with Crippen molar-refractivity contribution in [2.75, 3.05) is 19.6 Å². The van der Waals surface area contributed by atoms with E-state index in [2.05, 4.69) is 10.6 Å². The summed E-state index contributed by atoms with van der Waals surface area (Å²) in [5.41, 5.74) is 9.99. The Morgan fingerprint density at radius 3 is 2.07 bits per heavy atom. The monoisotopic (exact) mass is 218 g/mol. The lowest BCUT2D eigenvalue weighted by molar-refractivity contribution is -0.141. The smallest absolute Gasteiger partial charge is 0.328 e. The molecule has 8 nitrogen and oxygen atoms in total. The maximum Gasteiger partial charge on any atom is 0.328 e. The topological polar surface area (TPSA) is 148 Å². The third-order valence-electron chi connectivity index (χ3n) is 1.51. The standard InChI is InChI=1S/C7H14N4O4/c8-1-5(12)10-3-4(7(14)15)11-6(13)2-9/h4H,1-3,8-9H2,(H,10,12)(H,11,13)(H,14,15)/t4-/m0/s1. The number of rotatable bonds is 6. The first-order valence-corrected chi connectivity index (χ1v) is 4.20. The van der Waals surface area contributed by atoms with Crippen LogP contribution in [0.2, 0.25) is 0 Å². The Morgan fingerprint density at radius 2 is 1.67 bits per heavy atom. The van der Waals surface area contributed by atoms with Gasteiger partial charge in [-0.15, -0.1) is 0 Å². The fraction of sp³-hybridized carbons (Fsp3) is 0.571. The Balaban J connectivity index is 4.11. The molecule has 7 N–H and O–H groups in total. The molecule has 0 rings (SSSR count). The second kappa shape index (κ2) is 6.74. The SMILES string of the molecule is NCC(=O)NC[C@H](NC(=O)CN)C(=O)O. The largest absolute Gasteiger partial charge is 0.480 e. The van der Waals surface area contributed by atoms with Crippen LogP contribution in [-0.2, 0) is 14.4 Å². The van der Waals surface area contributed by atoms with Gasteiger partial charge in [0.15, 0.2) is 0 Å². The summed E-state index contributed by atoms with van der Waals surface area (Å²) in [7, 11) is 0. The van der Waals surface area contributed by atoms with Gasteiger partial charge in [-0.3, -0.25) is 9.59 Å². The zero-order valence-electron chi connectivity index (χ0n) is 8.03. The van der Waals surface area contributed by atoms with Crippen molar-refractivity contribution in [3.8, 4) is 0 Å². The van der Waals surface area contributed by atoms with Crippen molar-refractivity contribution < 1.29 is 19.5 Å². The number of carbonyl (C=O) groups excluding carboxylic acids is 2. The fourth-order valence-corrected chi connectivity index (χ4v) is 0.741. The number of carboxylic acids is 1. The molecular formula is C7H14N4O4. The van der Waals surface area contributed by atoms with E-state index in [-0.39, 0.29) is 19.6 Å². The highest BCUT2D eigenvalue weighted by Crippen LogP contribution is 1.82. The first kappa shape index (κ1) is 13.3. The van der Waals surface area contributed by atoms with Gasteiger partial charge in [0.1, 0.15) is 6.04 Å². The average molecular weight is 218 g/mol. The zero-order chi connectivity index (χ0) is 11.8. The van der Waals surface area contributed by atoms with Crippen molar-refractivity contribution in [1.29, 1.82) is 0 Å². The minimum Gasteiger partial charge on any atom is -0.480 e. The normalized spacial score (nSPS) is 11.6. The fourth-order valence-electron chi connectivity index (χ4n) is 0.741. The minimum absolute atomic E-state index is 0.225. The molecule has 15 heavy (non-hydrogen) atoms. The lowest BCUT2D eigenvalue weighted by atomic mass is 10.3. The molecule has 0 aromatic heterocycles. The second-order valence-corrected chi connectivity index (χ2v) is 2.67. The summed E-state index contributed by atoms with van der Waals surface area (Å²) in [6, 6.07) is -1.20. The first-order chi connectivity index (χ1) is 7.01. The molecule has 0 fully saturated rings. The van der Waals surface area contributed by atoms with Gasteiger partial charge >= 0.3 is 5.97 Å². The summed E-state index contributed by atoms with van der Waals surface area (Å²) >= 11 is 0. The van der Waals surface area contributed by atoms with E-state index in [1.807, 2.05) is 0 Å². The molecule has 1 atom stereocenters. The number of amides is 2.